The maximum Gasteiger partial charge on any atom is 0.305 e. The molecule has 0 radical (unpaired) electrons. The second-order valence-corrected chi connectivity index (χ2v) is 10.6. The molecule has 0 aliphatic heterocycles. The highest BCUT2D eigenvalue weighted by Gasteiger charge is 2.24. The van der Waals surface area contributed by atoms with Crippen LogP contribution in [0.5, 0.6) is 0 Å². The molecule has 3 atom stereocenters. The number of methoxy groups -OCH3 is 1. The minimum Gasteiger partial charge on any atom is -0.481 e. The predicted octanol–water partition coefficient (Wildman–Crippen LogP) is 5.00. The molecule has 6 nitrogen and oxygen atoms in total. The minimum atomic E-state index is -1.13. The highest BCUT2D eigenvalue weighted by Crippen LogP contribution is 2.40. The van der Waals surface area contributed by atoms with Gasteiger partial charge in [0.25, 0.3) is 0 Å². The molecule has 1 aromatic heterocycles. The van der Waals surface area contributed by atoms with Crippen LogP contribution in [0.2, 0.25) is 0 Å². The Morgan fingerprint density at radius 1 is 1.18 bits per heavy atom. The summed E-state index contributed by atoms with van der Waals surface area (Å²) >= 11 is 3.73. The number of aliphatic carboxylic acids is 1. The summed E-state index contributed by atoms with van der Waals surface area (Å²) in [5, 5.41) is 30.3. The van der Waals surface area contributed by atoms with Gasteiger partial charge in [-0.1, -0.05) is 67.9 Å². The van der Waals surface area contributed by atoms with Gasteiger partial charge in [-0.3, -0.25) is 9.78 Å². The molecule has 0 saturated heterocycles. The van der Waals surface area contributed by atoms with Crippen molar-refractivity contribution in [3.05, 3.63) is 51.3 Å². The second-order valence-electron chi connectivity index (χ2n) is 9.05. The van der Waals surface area contributed by atoms with Crippen LogP contribution in [-0.2, 0) is 16.1 Å². The van der Waals surface area contributed by atoms with E-state index >= 15 is 0 Å². The Labute approximate surface area is 212 Å². The number of hydrogen-bond acceptors (Lipinski definition) is 5. The molecule has 0 spiro atoms. The summed E-state index contributed by atoms with van der Waals surface area (Å²) in [5.74, 6) is -0.814. The lowest BCUT2D eigenvalue weighted by molar-refractivity contribution is -0.139. The average Bonchev–Trinajstić information content (AvgIpc) is 2.71. The van der Waals surface area contributed by atoms with Gasteiger partial charge in [-0.15, -0.1) is 9.24 Å². The largest absolute Gasteiger partial charge is 0.481 e. The van der Waals surface area contributed by atoms with Crippen LogP contribution in [0.4, 0.5) is 0 Å². The Bertz CT molecular complexity index is 1040. The number of aliphatic hydroxyl groups is 2. The first-order chi connectivity index (χ1) is 16.0. The number of pyridine rings is 1. The summed E-state index contributed by atoms with van der Waals surface area (Å²) in [4.78, 5) is 15.9. The molecule has 3 unspecified atom stereocenters. The Hall–Kier alpha value is -1.63. The van der Waals surface area contributed by atoms with Crippen molar-refractivity contribution in [1.82, 2.24) is 4.98 Å². The van der Waals surface area contributed by atoms with Crippen molar-refractivity contribution in [3.63, 3.8) is 0 Å². The maximum atomic E-state index is 10.8. The zero-order valence-electron chi connectivity index (χ0n) is 20.4. The minimum absolute atomic E-state index is 0.0664. The van der Waals surface area contributed by atoms with Crippen LogP contribution in [0, 0.1) is 0 Å². The second kappa shape index (κ2) is 12.9. The Morgan fingerprint density at radius 2 is 1.82 bits per heavy atom. The van der Waals surface area contributed by atoms with Crippen LogP contribution >= 0.6 is 25.2 Å². The van der Waals surface area contributed by atoms with E-state index in [1.807, 2.05) is 18.2 Å². The zero-order chi connectivity index (χ0) is 25.6. The van der Waals surface area contributed by atoms with Crippen molar-refractivity contribution in [1.29, 1.82) is 0 Å². The van der Waals surface area contributed by atoms with Crippen LogP contribution in [-0.4, -0.2) is 45.6 Å². The van der Waals surface area contributed by atoms with Crippen LogP contribution in [0.3, 0.4) is 0 Å². The molecule has 3 N–H and O–H groups in total. The molecule has 2 aromatic rings. The van der Waals surface area contributed by atoms with Gasteiger partial charge >= 0.3 is 5.97 Å². The summed E-state index contributed by atoms with van der Waals surface area (Å²) in [7, 11) is 4.36. The van der Waals surface area contributed by atoms with Crippen molar-refractivity contribution in [2.45, 2.75) is 71.2 Å². The molecular formula is C26H35BrNO5P. The fourth-order valence-corrected chi connectivity index (χ4v) is 5.05. The Morgan fingerprint density at radius 3 is 2.35 bits per heavy atom. The van der Waals surface area contributed by atoms with Crippen molar-refractivity contribution in [2.24, 2.45) is 0 Å². The third-order valence-electron chi connectivity index (χ3n) is 5.45. The molecular weight excluding hydrogens is 517 g/mol. The molecule has 0 aliphatic rings. The molecule has 0 aliphatic carbocycles. The summed E-state index contributed by atoms with van der Waals surface area (Å²) in [6.07, 6.45) is 0.820. The summed E-state index contributed by atoms with van der Waals surface area (Å²) in [5.41, 5.74) is 5.70. The van der Waals surface area contributed by atoms with E-state index in [2.05, 4.69) is 58.9 Å². The van der Waals surface area contributed by atoms with Gasteiger partial charge in [-0.25, -0.2) is 0 Å². The average molecular weight is 552 g/mol. The molecule has 0 fully saturated rings. The number of nitrogens with zero attached hydrogens (tertiary/aromatic N) is 1. The van der Waals surface area contributed by atoms with Gasteiger partial charge in [0.05, 0.1) is 30.9 Å². The van der Waals surface area contributed by atoms with Crippen molar-refractivity contribution in [2.75, 3.05) is 7.11 Å². The first-order valence-electron chi connectivity index (χ1n) is 11.3. The van der Waals surface area contributed by atoms with Crippen molar-refractivity contribution in [3.8, 4) is 11.1 Å². The zero-order valence-corrected chi connectivity index (χ0v) is 23.1. The first-order valence-corrected chi connectivity index (χ1v) is 12.7. The van der Waals surface area contributed by atoms with Gasteiger partial charge < -0.3 is 20.1 Å². The normalized spacial score (nSPS) is 13.7. The van der Waals surface area contributed by atoms with Gasteiger partial charge in [0.15, 0.2) is 0 Å². The number of benzene rings is 1. The lowest BCUT2D eigenvalue weighted by Crippen LogP contribution is -2.19. The predicted molar refractivity (Wildman–Crippen MR) is 144 cm³/mol. The smallest absolute Gasteiger partial charge is 0.305 e. The maximum absolute atomic E-state index is 10.8. The highest BCUT2D eigenvalue weighted by molar-refractivity contribution is 9.10. The molecule has 8 heteroatoms. The van der Waals surface area contributed by atoms with Gasteiger partial charge in [-0.05, 0) is 34.3 Å². The topological polar surface area (TPSA) is 99.9 Å². The summed E-state index contributed by atoms with van der Waals surface area (Å²) in [6, 6.07) is 6.11. The molecule has 1 aromatic carbocycles. The fraction of sp³-hybridized carbons (Fsp3) is 0.462. The number of aromatic nitrogens is 1. The highest BCUT2D eigenvalue weighted by atomic mass is 79.9. The van der Waals surface area contributed by atoms with E-state index in [4.69, 9.17) is 14.8 Å². The van der Waals surface area contributed by atoms with Crippen LogP contribution < -0.4 is 5.30 Å². The number of halogens is 1. The Kier molecular flexibility index (Phi) is 10.8. The van der Waals surface area contributed by atoms with Gasteiger partial charge in [0, 0.05) is 34.8 Å². The third kappa shape index (κ3) is 7.43. The van der Waals surface area contributed by atoms with Crippen molar-refractivity contribution >= 4 is 42.5 Å². The van der Waals surface area contributed by atoms with E-state index in [9.17, 15) is 15.0 Å². The van der Waals surface area contributed by atoms with Gasteiger partial charge in [0.2, 0.25) is 0 Å². The van der Waals surface area contributed by atoms with E-state index < -0.39 is 24.6 Å². The molecule has 1 heterocycles. The van der Waals surface area contributed by atoms with E-state index in [-0.39, 0.29) is 18.3 Å². The van der Waals surface area contributed by atoms with E-state index in [0.29, 0.717) is 6.61 Å². The third-order valence-corrected chi connectivity index (χ3v) is 6.47. The van der Waals surface area contributed by atoms with Gasteiger partial charge in [0.1, 0.15) is 0 Å². The number of hydrogen-bond donors (Lipinski definition) is 3. The first kappa shape index (κ1) is 28.6. The number of carboxylic acid groups (broad SMARTS) is 1. The number of aliphatic hydroxyl groups excluding tert-OH is 2. The molecule has 0 bridgehead atoms. The number of carboxylic acids is 1. The fourth-order valence-electron chi connectivity index (χ4n) is 3.94. The lowest BCUT2D eigenvalue weighted by Gasteiger charge is -2.24. The molecule has 34 heavy (non-hydrogen) atoms. The molecule has 0 saturated carbocycles. The van der Waals surface area contributed by atoms with E-state index in [0.717, 1.165) is 43.4 Å². The van der Waals surface area contributed by atoms with Crippen molar-refractivity contribution < 1.29 is 24.9 Å². The summed E-state index contributed by atoms with van der Waals surface area (Å²) < 4.78 is 6.52. The summed E-state index contributed by atoms with van der Waals surface area (Å²) in [6.45, 7) is 8.76. The molecule has 2 rings (SSSR count). The monoisotopic (exact) mass is 551 g/mol. The van der Waals surface area contributed by atoms with E-state index in [1.165, 1.54) is 0 Å². The molecule has 186 valence electrons. The number of ether oxygens (including phenoxy) is 1. The number of rotatable bonds is 11. The molecule has 0 amide bonds. The van der Waals surface area contributed by atoms with E-state index in [1.54, 1.807) is 13.2 Å². The SMILES string of the molecule is COCc1c(C(C)C)nc(C(C)C)c(/C=C/C(O)CC(O)CC(=O)O)c1-c1ccc(P)cc1Br. The lowest BCUT2D eigenvalue weighted by atomic mass is 9.87. The van der Waals surface area contributed by atoms with Crippen LogP contribution in [0.25, 0.3) is 17.2 Å². The van der Waals surface area contributed by atoms with Crippen LogP contribution in [0.15, 0.2) is 28.7 Å². The van der Waals surface area contributed by atoms with Crippen LogP contribution in [0.1, 0.15) is 74.9 Å². The standard InChI is InChI=1S/C26H35BrNO5P/c1-14(2)25-20(8-6-16(29)10-17(30)11-23(31)32)24(19-9-7-18(34)12-22(19)27)21(13-33-5)26(28-25)15(3)4/h6-9,12,14-17,29-30H,10-11,13,34H2,1-5H3,(H,31,32)/b8-6+. The number of carbonyl (C=O) groups is 1. The quantitative estimate of drug-likeness (QED) is 0.339. The Balaban J connectivity index is 2.76. The van der Waals surface area contributed by atoms with Gasteiger partial charge in [-0.2, -0.15) is 0 Å².